The number of aromatic nitrogens is 2. The number of hydrogen-bond donors (Lipinski definition) is 0. The Hall–Kier alpha value is -2.42. The molecule has 0 aliphatic carbocycles. The third kappa shape index (κ3) is 4.36. The topological polar surface area (TPSA) is 74.5 Å². The van der Waals surface area contributed by atoms with Crippen molar-refractivity contribution >= 4 is 5.97 Å². The van der Waals surface area contributed by atoms with E-state index in [2.05, 4.69) is 14.7 Å². The molecule has 1 saturated heterocycles. The Morgan fingerprint density at radius 3 is 2.60 bits per heavy atom. The van der Waals surface area contributed by atoms with E-state index in [0.29, 0.717) is 12.2 Å². The zero-order valence-corrected chi connectivity index (χ0v) is 13.1. The zero-order valence-electron chi connectivity index (χ0n) is 13.1. The van der Waals surface area contributed by atoms with Crippen molar-refractivity contribution in [3.8, 4) is 11.4 Å². The van der Waals surface area contributed by atoms with Gasteiger partial charge in [-0.3, -0.25) is 0 Å². The van der Waals surface area contributed by atoms with Crippen LogP contribution in [0.25, 0.3) is 11.4 Å². The van der Waals surface area contributed by atoms with Crippen molar-refractivity contribution < 1.29 is 32.0 Å². The van der Waals surface area contributed by atoms with Crippen LogP contribution in [0.4, 0.5) is 13.2 Å². The predicted molar refractivity (Wildman–Crippen MR) is 78.6 cm³/mol. The Labute approximate surface area is 140 Å². The molecule has 1 atom stereocenters. The van der Waals surface area contributed by atoms with Crippen molar-refractivity contribution in [2.24, 2.45) is 0 Å². The lowest BCUT2D eigenvalue weighted by atomic mass is 10.1. The van der Waals surface area contributed by atoms with Crippen molar-refractivity contribution in [3.05, 3.63) is 35.7 Å². The highest BCUT2D eigenvalue weighted by atomic mass is 19.4. The summed E-state index contributed by atoms with van der Waals surface area (Å²) in [6.07, 6.45) is -1.88. The molecule has 1 aliphatic rings. The minimum atomic E-state index is -4.70. The van der Waals surface area contributed by atoms with E-state index in [1.165, 1.54) is 24.3 Å². The number of esters is 1. The number of ether oxygens (including phenoxy) is 2. The fourth-order valence-corrected chi connectivity index (χ4v) is 2.40. The molecular formula is C16H15F3N2O4. The minimum absolute atomic E-state index is 0.0860. The van der Waals surface area contributed by atoms with E-state index in [4.69, 9.17) is 9.47 Å². The van der Waals surface area contributed by atoms with Crippen LogP contribution < -0.4 is 0 Å². The van der Waals surface area contributed by atoms with Gasteiger partial charge >= 0.3 is 18.0 Å². The average Bonchev–Trinajstić information content (AvgIpc) is 3.11. The number of alkyl halides is 3. The summed E-state index contributed by atoms with van der Waals surface area (Å²) in [6, 6.07) is 5.73. The fourth-order valence-electron chi connectivity index (χ4n) is 2.40. The summed E-state index contributed by atoms with van der Waals surface area (Å²) >= 11 is 0. The molecule has 1 fully saturated rings. The van der Waals surface area contributed by atoms with Gasteiger partial charge < -0.3 is 14.0 Å². The number of benzene rings is 1. The van der Waals surface area contributed by atoms with Gasteiger partial charge in [-0.25, -0.2) is 4.79 Å². The van der Waals surface area contributed by atoms with Gasteiger partial charge in [-0.05, 0) is 31.4 Å². The first-order valence-electron chi connectivity index (χ1n) is 7.73. The van der Waals surface area contributed by atoms with Gasteiger partial charge in [0.2, 0.25) is 5.82 Å². The second-order valence-corrected chi connectivity index (χ2v) is 5.59. The summed E-state index contributed by atoms with van der Waals surface area (Å²) in [5.74, 6) is -2.15. The molecule has 0 amide bonds. The lowest BCUT2D eigenvalue weighted by Gasteiger charge is -2.22. The summed E-state index contributed by atoms with van der Waals surface area (Å²) in [7, 11) is 0. The van der Waals surface area contributed by atoms with Crippen molar-refractivity contribution in [1.29, 1.82) is 0 Å². The highest BCUT2D eigenvalue weighted by Crippen LogP contribution is 2.29. The van der Waals surface area contributed by atoms with E-state index in [1.54, 1.807) is 0 Å². The number of halogens is 3. The molecular weight excluding hydrogens is 341 g/mol. The van der Waals surface area contributed by atoms with Gasteiger partial charge in [-0.15, -0.1) is 0 Å². The van der Waals surface area contributed by atoms with Gasteiger partial charge in [-0.2, -0.15) is 18.2 Å². The first-order chi connectivity index (χ1) is 11.9. The first kappa shape index (κ1) is 17.4. The van der Waals surface area contributed by atoms with Gasteiger partial charge in [0.05, 0.1) is 11.7 Å². The van der Waals surface area contributed by atoms with Crippen molar-refractivity contribution in [2.75, 3.05) is 13.2 Å². The molecule has 1 aromatic heterocycles. The van der Waals surface area contributed by atoms with E-state index in [0.717, 1.165) is 19.3 Å². The first-order valence-corrected chi connectivity index (χ1v) is 7.73. The monoisotopic (exact) mass is 356 g/mol. The summed E-state index contributed by atoms with van der Waals surface area (Å²) in [5, 5.41) is 3.29. The molecule has 0 unspecified atom stereocenters. The Kier molecular flexibility index (Phi) is 5.03. The highest BCUT2D eigenvalue weighted by Gasteiger charge is 2.38. The standard InChI is InChI=1S/C16H15F3N2O4/c17-16(18,19)15-20-13(21-25-15)10-4-6-11(7-5-10)14(22)24-9-12-3-1-2-8-23-12/h4-7,12H,1-3,8-9H2/t12-/m1/s1. The number of rotatable bonds is 4. The van der Waals surface area contributed by atoms with Crippen LogP contribution in [0, 0.1) is 0 Å². The molecule has 0 radical (unpaired) electrons. The van der Waals surface area contributed by atoms with Gasteiger partial charge in [0.15, 0.2) is 0 Å². The molecule has 9 heteroatoms. The summed E-state index contributed by atoms with van der Waals surface area (Å²) in [6.45, 7) is 0.849. The van der Waals surface area contributed by atoms with Gasteiger partial charge in [-0.1, -0.05) is 17.3 Å². The van der Waals surface area contributed by atoms with E-state index in [-0.39, 0.29) is 24.1 Å². The lowest BCUT2D eigenvalue weighted by molar-refractivity contribution is -0.159. The lowest BCUT2D eigenvalue weighted by Crippen LogP contribution is -2.25. The SMILES string of the molecule is O=C(OC[C@H]1CCCCO1)c1ccc(-c2noc(C(F)(F)F)n2)cc1. The maximum atomic E-state index is 12.5. The zero-order chi connectivity index (χ0) is 17.9. The van der Waals surface area contributed by atoms with Gasteiger partial charge in [0.25, 0.3) is 0 Å². The predicted octanol–water partition coefficient (Wildman–Crippen LogP) is 3.48. The summed E-state index contributed by atoms with van der Waals surface area (Å²) in [4.78, 5) is 15.3. The fraction of sp³-hybridized carbons (Fsp3) is 0.438. The molecule has 2 heterocycles. The Balaban J connectivity index is 1.61. The van der Waals surface area contributed by atoms with Gasteiger partial charge in [0, 0.05) is 12.2 Å². The minimum Gasteiger partial charge on any atom is -0.459 e. The molecule has 0 N–H and O–H groups in total. The van der Waals surface area contributed by atoms with Crippen LogP contribution in [0.3, 0.4) is 0 Å². The molecule has 1 aliphatic heterocycles. The summed E-state index contributed by atoms with van der Waals surface area (Å²) in [5.41, 5.74) is 0.575. The molecule has 134 valence electrons. The van der Waals surface area contributed by atoms with E-state index >= 15 is 0 Å². The van der Waals surface area contributed by atoms with Crippen LogP contribution in [0.15, 0.2) is 28.8 Å². The van der Waals surface area contributed by atoms with E-state index in [1.807, 2.05) is 0 Å². The van der Waals surface area contributed by atoms with Crippen molar-refractivity contribution in [3.63, 3.8) is 0 Å². The maximum Gasteiger partial charge on any atom is 0.471 e. The molecule has 1 aromatic carbocycles. The quantitative estimate of drug-likeness (QED) is 0.781. The molecule has 2 aromatic rings. The third-order valence-corrected chi connectivity index (χ3v) is 3.72. The highest BCUT2D eigenvalue weighted by molar-refractivity contribution is 5.89. The molecule has 0 spiro atoms. The van der Waals surface area contributed by atoms with Crippen LogP contribution >= 0.6 is 0 Å². The maximum absolute atomic E-state index is 12.5. The average molecular weight is 356 g/mol. The second kappa shape index (κ2) is 7.22. The van der Waals surface area contributed by atoms with Crippen LogP contribution in [0.5, 0.6) is 0 Å². The Bertz CT molecular complexity index is 722. The number of nitrogens with zero attached hydrogens (tertiary/aromatic N) is 2. The van der Waals surface area contributed by atoms with E-state index in [9.17, 15) is 18.0 Å². The third-order valence-electron chi connectivity index (χ3n) is 3.72. The Morgan fingerprint density at radius 1 is 1.24 bits per heavy atom. The summed E-state index contributed by atoms with van der Waals surface area (Å²) < 4.78 is 52.2. The Morgan fingerprint density at radius 2 is 2.00 bits per heavy atom. The normalized spacial score (nSPS) is 18.1. The molecule has 0 saturated carbocycles. The molecule has 0 bridgehead atoms. The second-order valence-electron chi connectivity index (χ2n) is 5.59. The number of carbonyl (C=O) groups is 1. The van der Waals surface area contributed by atoms with E-state index < -0.39 is 18.0 Å². The van der Waals surface area contributed by atoms with Crippen molar-refractivity contribution in [1.82, 2.24) is 10.1 Å². The number of carbonyl (C=O) groups excluding carboxylic acids is 1. The molecule has 6 nitrogen and oxygen atoms in total. The van der Waals surface area contributed by atoms with Crippen LogP contribution in [-0.2, 0) is 15.7 Å². The van der Waals surface area contributed by atoms with Crippen molar-refractivity contribution in [2.45, 2.75) is 31.5 Å². The van der Waals surface area contributed by atoms with Crippen LogP contribution in [0.1, 0.15) is 35.5 Å². The number of hydrogen-bond acceptors (Lipinski definition) is 6. The van der Waals surface area contributed by atoms with Gasteiger partial charge in [0.1, 0.15) is 6.61 Å². The van der Waals surface area contributed by atoms with Crippen LogP contribution in [0.2, 0.25) is 0 Å². The molecule has 3 rings (SSSR count). The smallest absolute Gasteiger partial charge is 0.459 e. The largest absolute Gasteiger partial charge is 0.471 e. The molecule has 25 heavy (non-hydrogen) atoms. The van der Waals surface area contributed by atoms with Crippen LogP contribution in [-0.4, -0.2) is 35.4 Å².